The smallest absolute Gasteiger partial charge is 0.379 e. The summed E-state index contributed by atoms with van der Waals surface area (Å²) in [7, 11) is 0. The van der Waals surface area contributed by atoms with E-state index >= 15 is 13.2 Å². The molecule has 2 aliphatic rings. The molecule has 4 rings (SSSR count). The molecule has 2 aliphatic heterocycles. The molecule has 1 unspecified atom stereocenters. The Hall–Kier alpha value is -2.82. The molecule has 1 fully saturated rings. The van der Waals surface area contributed by atoms with Crippen LogP contribution in [0.3, 0.4) is 0 Å². The van der Waals surface area contributed by atoms with Gasteiger partial charge in [-0.15, -0.1) is 0 Å². The van der Waals surface area contributed by atoms with Crippen LogP contribution in [0, 0.1) is 5.82 Å². The van der Waals surface area contributed by atoms with E-state index in [4.69, 9.17) is 9.47 Å². The Kier molecular flexibility index (Phi) is 7.30. The van der Waals surface area contributed by atoms with Crippen molar-refractivity contribution in [2.45, 2.75) is 18.6 Å². The maximum absolute atomic E-state index is 15.1. The molecule has 0 amide bonds. The predicted molar refractivity (Wildman–Crippen MR) is 119 cm³/mol. The van der Waals surface area contributed by atoms with Crippen LogP contribution in [0.1, 0.15) is 18.2 Å². The molecule has 1 atom stereocenters. The highest BCUT2D eigenvalue weighted by atomic mass is 19.4. The van der Waals surface area contributed by atoms with E-state index in [1.165, 1.54) is 6.20 Å². The first kappa shape index (κ1) is 24.3. The summed E-state index contributed by atoms with van der Waals surface area (Å²) in [4.78, 5) is 10.5. The van der Waals surface area contributed by atoms with Crippen LogP contribution in [-0.4, -0.2) is 68.0 Å². The minimum Gasteiger partial charge on any atom is -0.379 e. The second-order valence-corrected chi connectivity index (χ2v) is 8.00. The van der Waals surface area contributed by atoms with Crippen molar-refractivity contribution in [2.75, 3.05) is 46.1 Å². The Bertz CT molecular complexity index is 1040. The predicted octanol–water partition coefficient (Wildman–Crippen LogP) is 3.65. The number of nitrogens with one attached hydrogen (secondary N) is 1. The highest BCUT2D eigenvalue weighted by molar-refractivity contribution is 5.99. The average molecular weight is 478 g/mol. The quantitative estimate of drug-likeness (QED) is 0.616. The highest BCUT2D eigenvalue weighted by Crippen LogP contribution is 2.50. The van der Waals surface area contributed by atoms with Gasteiger partial charge >= 0.3 is 6.18 Å². The molecule has 3 heterocycles. The fourth-order valence-corrected chi connectivity index (χ4v) is 4.17. The van der Waals surface area contributed by atoms with Crippen LogP contribution < -0.4 is 5.32 Å². The van der Waals surface area contributed by atoms with E-state index in [2.05, 4.69) is 15.3 Å². The molecule has 182 valence electrons. The van der Waals surface area contributed by atoms with Gasteiger partial charge in [0.15, 0.2) is 5.84 Å². The van der Waals surface area contributed by atoms with Crippen LogP contribution in [0.2, 0.25) is 0 Å². The van der Waals surface area contributed by atoms with Gasteiger partial charge in [0, 0.05) is 43.7 Å². The Morgan fingerprint density at radius 2 is 1.85 bits per heavy atom. The zero-order valence-corrected chi connectivity index (χ0v) is 18.7. The first-order valence-corrected chi connectivity index (χ1v) is 11.1. The Morgan fingerprint density at radius 1 is 1.12 bits per heavy atom. The van der Waals surface area contributed by atoms with E-state index in [9.17, 15) is 4.39 Å². The number of benzene rings is 1. The molecule has 1 aromatic carbocycles. The van der Waals surface area contributed by atoms with Crippen LogP contribution in [0.15, 0.2) is 64.9 Å². The largest absolute Gasteiger partial charge is 0.421 e. The summed E-state index contributed by atoms with van der Waals surface area (Å²) in [5, 5.41) is 3.11. The summed E-state index contributed by atoms with van der Waals surface area (Å²) in [6, 6.07) is 9.24. The maximum atomic E-state index is 15.1. The molecule has 1 saturated heterocycles. The Labute approximate surface area is 195 Å². The Balaban J connectivity index is 1.94. The minimum atomic E-state index is -4.84. The zero-order valence-electron chi connectivity index (χ0n) is 18.7. The first-order valence-electron chi connectivity index (χ1n) is 11.1. The van der Waals surface area contributed by atoms with Gasteiger partial charge in [-0.1, -0.05) is 18.2 Å². The normalized spacial score (nSPS) is 21.9. The molecule has 0 radical (unpaired) electrons. The number of pyridine rings is 1. The van der Waals surface area contributed by atoms with Crippen molar-refractivity contribution in [1.29, 1.82) is 0 Å². The molecule has 34 heavy (non-hydrogen) atoms. The summed E-state index contributed by atoms with van der Waals surface area (Å²) in [6.45, 7) is 4.03. The van der Waals surface area contributed by atoms with Gasteiger partial charge in [-0.05, 0) is 36.8 Å². The number of ether oxygens (including phenoxy) is 2. The van der Waals surface area contributed by atoms with Gasteiger partial charge in [-0.2, -0.15) is 13.2 Å². The Morgan fingerprint density at radius 3 is 2.47 bits per heavy atom. The van der Waals surface area contributed by atoms with Crippen molar-refractivity contribution in [2.24, 2.45) is 4.99 Å². The fraction of sp³-hybridized carbons (Fsp3) is 0.417. The van der Waals surface area contributed by atoms with E-state index < -0.39 is 17.5 Å². The molecular weight excluding hydrogens is 452 g/mol. The molecule has 10 heteroatoms. The van der Waals surface area contributed by atoms with E-state index in [1.54, 1.807) is 25.1 Å². The lowest BCUT2D eigenvalue weighted by molar-refractivity contribution is -0.180. The van der Waals surface area contributed by atoms with Crippen molar-refractivity contribution >= 4 is 5.84 Å². The van der Waals surface area contributed by atoms with E-state index in [0.717, 1.165) is 24.3 Å². The third-order valence-corrected chi connectivity index (χ3v) is 5.87. The highest BCUT2D eigenvalue weighted by Gasteiger charge is 2.61. The lowest BCUT2D eigenvalue weighted by atomic mass is 9.79. The van der Waals surface area contributed by atoms with Crippen molar-refractivity contribution < 1.29 is 27.0 Å². The van der Waals surface area contributed by atoms with Crippen molar-refractivity contribution in [3.63, 3.8) is 0 Å². The monoisotopic (exact) mass is 478 g/mol. The number of nitrogens with zero attached hydrogens (tertiary/aromatic N) is 3. The molecule has 6 nitrogen and oxygen atoms in total. The van der Waals surface area contributed by atoms with Crippen molar-refractivity contribution in [3.8, 4) is 0 Å². The van der Waals surface area contributed by atoms with Gasteiger partial charge < -0.3 is 14.8 Å². The maximum Gasteiger partial charge on any atom is 0.421 e. The third-order valence-electron chi connectivity index (χ3n) is 5.87. The van der Waals surface area contributed by atoms with Crippen molar-refractivity contribution in [1.82, 2.24) is 15.2 Å². The van der Waals surface area contributed by atoms with Crippen LogP contribution in [0.5, 0.6) is 0 Å². The lowest BCUT2D eigenvalue weighted by Gasteiger charge is -2.41. The van der Waals surface area contributed by atoms with Crippen LogP contribution in [-0.2, 0) is 15.0 Å². The fourth-order valence-electron chi connectivity index (χ4n) is 4.17. The van der Waals surface area contributed by atoms with Gasteiger partial charge in [-0.25, -0.2) is 9.38 Å². The molecule has 0 aliphatic carbocycles. The number of aliphatic imine (C=N–C) groups is 1. The van der Waals surface area contributed by atoms with Crippen molar-refractivity contribution in [3.05, 3.63) is 77.0 Å². The topological polar surface area (TPSA) is 59.0 Å². The molecule has 1 aromatic heterocycles. The standard InChI is InChI=1S/C24H26F4N4O2/c1-2-33-16-19-21(15-32-11-13-34-14-12-32)30-22(20-5-3-4-10-29-20)31-23(19,24(26,27)28)17-6-8-18(25)9-7-17/h3-10H,2,11-16H2,1H3,(H,30,31). The van der Waals surface area contributed by atoms with E-state index in [-0.39, 0.29) is 42.4 Å². The van der Waals surface area contributed by atoms with Crippen LogP contribution >= 0.6 is 0 Å². The first-order chi connectivity index (χ1) is 16.3. The van der Waals surface area contributed by atoms with E-state index in [0.29, 0.717) is 32.0 Å². The van der Waals surface area contributed by atoms with E-state index in [1.807, 2.05) is 4.90 Å². The summed E-state index contributed by atoms with van der Waals surface area (Å²) in [5.41, 5.74) is -2.40. The van der Waals surface area contributed by atoms with Gasteiger partial charge in [0.25, 0.3) is 0 Å². The SMILES string of the molecule is CCOCC1=C(CN2CCOCC2)NC(c2ccccn2)=NC1(c1ccc(F)cc1)C(F)(F)F. The van der Waals surface area contributed by atoms with Gasteiger partial charge in [-0.3, -0.25) is 9.88 Å². The number of morpholine rings is 1. The van der Waals surface area contributed by atoms with Gasteiger partial charge in [0.05, 0.1) is 19.8 Å². The summed E-state index contributed by atoms with van der Waals surface area (Å²) in [5.74, 6) is -0.640. The molecule has 0 saturated carbocycles. The summed E-state index contributed by atoms with van der Waals surface area (Å²) < 4.78 is 70.0. The van der Waals surface area contributed by atoms with Crippen LogP contribution in [0.25, 0.3) is 0 Å². The molecule has 2 aromatic rings. The van der Waals surface area contributed by atoms with Gasteiger partial charge in [0.2, 0.25) is 5.54 Å². The molecule has 0 bridgehead atoms. The molecule has 1 N–H and O–H groups in total. The number of amidine groups is 1. The second-order valence-electron chi connectivity index (χ2n) is 8.00. The second kappa shape index (κ2) is 10.2. The number of hydrogen-bond acceptors (Lipinski definition) is 6. The van der Waals surface area contributed by atoms with Gasteiger partial charge in [0.1, 0.15) is 11.5 Å². The van der Waals surface area contributed by atoms with Crippen LogP contribution in [0.4, 0.5) is 17.6 Å². The zero-order chi connectivity index (χ0) is 24.2. The molecule has 0 spiro atoms. The number of aromatic nitrogens is 1. The average Bonchev–Trinajstić information content (AvgIpc) is 2.84. The number of halogens is 4. The third kappa shape index (κ3) is 4.84. The number of rotatable bonds is 7. The molecular formula is C24H26F4N4O2. The summed E-state index contributed by atoms with van der Waals surface area (Å²) >= 11 is 0. The summed E-state index contributed by atoms with van der Waals surface area (Å²) in [6.07, 6.45) is -3.34. The number of alkyl halides is 3. The lowest BCUT2D eigenvalue weighted by Crippen LogP contribution is -2.52. The minimum absolute atomic E-state index is 0.00856. The number of hydrogen-bond donors (Lipinski definition) is 1.